The van der Waals surface area contributed by atoms with E-state index in [4.69, 9.17) is 16.1 Å². The number of hydrogen-bond donors (Lipinski definition) is 0. The van der Waals surface area contributed by atoms with Crippen LogP contribution in [0.4, 0.5) is 0 Å². The number of aromatic nitrogens is 4. The molecule has 1 aliphatic rings. The predicted molar refractivity (Wildman–Crippen MR) is 95.2 cm³/mol. The minimum Gasteiger partial charge on any atom is -0.338 e. The quantitative estimate of drug-likeness (QED) is 0.677. The molecule has 3 heterocycles. The molecule has 25 heavy (non-hydrogen) atoms. The van der Waals surface area contributed by atoms with Crippen LogP contribution in [0, 0.1) is 0 Å². The second-order valence-electron chi connectivity index (χ2n) is 5.92. The van der Waals surface area contributed by atoms with Crippen LogP contribution in [0.15, 0.2) is 34.9 Å². The maximum absolute atomic E-state index is 6.08. The number of rotatable bonds is 5. The molecule has 0 atom stereocenters. The number of hydrogen-bond acceptors (Lipinski definition) is 8. The maximum Gasteiger partial charge on any atom is 0.241 e. The predicted octanol–water partition coefficient (Wildman–Crippen LogP) is 2.56. The van der Waals surface area contributed by atoms with Gasteiger partial charge in [-0.1, -0.05) is 51.6 Å². The van der Waals surface area contributed by atoms with Crippen LogP contribution >= 0.6 is 23.1 Å². The van der Waals surface area contributed by atoms with Crippen LogP contribution in [-0.2, 0) is 13.1 Å². The van der Waals surface area contributed by atoms with Crippen molar-refractivity contribution in [3.63, 3.8) is 0 Å². The molecule has 3 aromatic rings. The van der Waals surface area contributed by atoms with E-state index in [-0.39, 0.29) is 0 Å². The highest BCUT2D eigenvalue weighted by molar-refractivity contribution is 7.10. The molecule has 0 radical (unpaired) electrons. The Bertz CT molecular complexity index is 815. The van der Waals surface area contributed by atoms with E-state index < -0.39 is 0 Å². The lowest BCUT2D eigenvalue weighted by atomic mass is 10.2. The van der Waals surface area contributed by atoms with Gasteiger partial charge in [0, 0.05) is 49.8 Å². The lowest BCUT2D eigenvalue weighted by Crippen LogP contribution is -2.45. The van der Waals surface area contributed by atoms with Gasteiger partial charge in [0.25, 0.3) is 0 Å². The second kappa shape index (κ2) is 7.57. The molecule has 0 spiro atoms. The van der Waals surface area contributed by atoms with E-state index >= 15 is 0 Å². The van der Waals surface area contributed by atoms with Crippen LogP contribution in [0.3, 0.4) is 0 Å². The average molecular weight is 377 g/mol. The van der Waals surface area contributed by atoms with Gasteiger partial charge in [-0.05, 0) is 0 Å². The van der Waals surface area contributed by atoms with Crippen LogP contribution in [0.1, 0.15) is 11.6 Å². The van der Waals surface area contributed by atoms with Gasteiger partial charge in [-0.25, -0.2) is 0 Å². The molecular formula is C16H17ClN6OS. The molecule has 0 unspecified atom stereocenters. The SMILES string of the molecule is Clc1snnc1CN1CCN(Cc2nc(-c3ccccc3)no2)CC1. The van der Waals surface area contributed by atoms with Crippen molar-refractivity contribution in [2.75, 3.05) is 26.2 Å². The zero-order chi connectivity index (χ0) is 17.1. The Morgan fingerprint density at radius 2 is 1.76 bits per heavy atom. The molecule has 130 valence electrons. The van der Waals surface area contributed by atoms with Crippen molar-refractivity contribution in [2.45, 2.75) is 13.1 Å². The van der Waals surface area contributed by atoms with Crippen molar-refractivity contribution < 1.29 is 4.52 Å². The Labute approximate surface area is 154 Å². The summed E-state index contributed by atoms with van der Waals surface area (Å²) in [5.41, 5.74) is 1.83. The zero-order valence-corrected chi connectivity index (χ0v) is 15.1. The van der Waals surface area contributed by atoms with Gasteiger partial charge in [0.15, 0.2) is 0 Å². The molecule has 9 heteroatoms. The summed E-state index contributed by atoms with van der Waals surface area (Å²) in [6, 6.07) is 9.86. The molecule has 0 aliphatic carbocycles. The molecule has 1 aromatic carbocycles. The number of benzene rings is 1. The molecule has 0 N–H and O–H groups in total. The summed E-state index contributed by atoms with van der Waals surface area (Å²) in [7, 11) is 0. The highest BCUT2D eigenvalue weighted by Gasteiger charge is 2.21. The lowest BCUT2D eigenvalue weighted by molar-refractivity contribution is 0.111. The van der Waals surface area contributed by atoms with Crippen molar-refractivity contribution in [2.24, 2.45) is 0 Å². The van der Waals surface area contributed by atoms with Crippen LogP contribution in [0.2, 0.25) is 4.34 Å². The fourth-order valence-electron chi connectivity index (χ4n) is 2.82. The van der Waals surface area contributed by atoms with Crippen LogP contribution in [0.5, 0.6) is 0 Å². The van der Waals surface area contributed by atoms with E-state index in [1.54, 1.807) is 0 Å². The van der Waals surface area contributed by atoms with Crippen LogP contribution in [0.25, 0.3) is 11.4 Å². The van der Waals surface area contributed by atoms with E-state index in [1.807, 2.05) is 30.3 Å². The minimum absolute atomic E-state index is 0.639. The molecule has 0 saturated carbocycles. The third-order valence-electron chi connectivity index (χ3n) is 4.21. The summed E-state index contributed by atoms with van der Waals surface area (Å²) in [4.78, 5) is 9.15. The number of piperazine rings is 1. The first-order valence-electron chi connectivity index (χ1n) is 8.07. The first-order valence-corrected chi connectivity index (χ1v) is 9.22. The minimum atomic E-state index is 0.639. The lowest BCUT2D eigenvalue weighted by Gasteiger charge is -2.33. The summed E-state index contributed by atoms with van der Waals surface area (Å²) in [5.74, 6) is 1.29. The van der Waals surface area contributed by atoms with Gasteiger partial charge in [0.2, 0.25) is 11.7 Å². The Hall–Kier alpha value is -1.87. The highest BCUT2D eigenvalue weighted by Crippen LogP contribution is 2.20. The van der Waals surface area contributed by atoms with Gasteiger partial charge in [-0.15, -0.1) is 5.10 Å². The third-order valence-corrected chi connectivity index (χ3v) is 5.19. The number of nitrogens with zero attached hydrogens (tertiary/aromatic N) is 6. The molecular weight excluding hydrogens is 360 g/mol. The topological polar surface area (TPSA) is 71.2 Å². The van der Waals surface area contributed by atoms with Gasteiger partial charge in [0.05, 0.1) is 6.54 Å². The van der Waals surface area contributed by atoms with E-state index in [0.29, 0.717) is 22.6 Å². The van der Waals surface area contributed by atoms with Gasteiger partial charge in [0.1, 0.15) is 10.0 Å². The van der Waals surface area contributed by atoms with Crippen molar-refractivity contribution in [1.29, 1.82) is 0 Å². The highest BCUT2D eigenvalue weighted by atomic mass is 35.5. The Morgan fingerprint density at radius 1 is 1.04 bits per heavy atom. The van der Waals surface area contributed by atoms with E-state index in [0.717, 1.165) is 44.0 Å². The fourth-order valence-corrected chi connectivity index (χ4v) is 3.44. The zero-order valence-electron chi connectivity index (χ0n) is 13.5. The van der Waals surface area contributed by atoms with E-state index in [1.165, 1.54) is 11.5 Å². The Morgan fingerprint density at radius 3 is 2.44 bits per heavy atom. The maximum atomic E-state index is 6.08. The normalized spacial score (nSPS) is 16.4. The van der Waals surface area contributed by atoms with Crippen molar-refractivity contribution >= 4 is 23.1 Å². The second-order valence-corrected chi connectivity index (χ2v) is 7.28. The van der Waals surface area contributed by atoms with Crippen molar-refractivity contribution in [1.82, 2.24) is 29.5 Å². The first kappa shape index (κ1) is 16.6. The Kier molecular flexibility index (Phi) is 5.02. The monoisotopic (exact) mass is 376 g/mol. The molecule has 1 fully saturated rings. The van der Waals surface area contributed by atoms with Gasteiger partial charge >= 0.3 is 0 Å². The largest absolute Gasteiger partial charge is 0.338 e. The van der Waals surface area contributed by atoms with Gasteiger partial charge in [-0.2, -0.15) is 4.98 Å². The molecule has 2 aromatic heterocycles. The number of halogens is 1. The average Bonchev–Trinajstić information content (AvgIpc) is 3.27. The third kappa shape index (κ3) is 4.04. The van der Waals surface area contributed by atoms with Crippen LogP contribution in [-0.4, -0.2) is 55.7 Å². The van der Waals surface area contributed by atoms with Crippen molar-refractivity contribution in [3.05, 3.63) is 46.3 Å². The van der Waals surface area contributed by atoms with E-state index in [2.05, 4.69) is 29.5 Å². The fraction of sp³-hybridized carbons (Fsp3) is 0.375. The summed E-state index contributed by atoms with van der Waals surface area (Å²) in [6.07, 6.45) is 0. The standard InChI is InChI=1S/C16H17ClN6OS/c17-15-13(19-21-25-15)10-22-6-8-23(9-7-22)11-14-18-16(20-24-14)12-4-2-1-3-5-12/h1-5H,6-11H2. The molecule has 4 rings (SSSR count). The van der Waals surface area contributed by atoms with Crippen molar-refractivity contribution in [3.8, 4) is 11.4 Å². The summed E-state index contributed by atoms with van der Waals surface area (Å²) >= 11 is 7.31. The van der Waals surface area contributed by atoms with Crippen LogP contribution < -0.4 is 0 Å². The molecule has 7 nitrogen and oxygen atoms in total. The molecule has 0 amide bonds. The van der Waals surface area contributed by atoms with E-state index in [9.17, 15) is 0 Å². The first-order chi connectivity index (χ1) is 12.3. The molecule has 1 saturated heterocycles. The summed E-state index contributed by atoms with van der Waals surface area (Å²) in [5, 5.41) is 8.15. The van der Waals surface area contributed by atoms with Gasteiger partial charge in [-0.3, -0.25) is 9.80 Å². The molecule has 0 bridgehead atoms. The smallest absolute Gasteiger partial charge is 0.241 e. The summed E-state index contributed by atoms with van der Waals surface area (Å²) < 4.78 is 9.96. The molecule has 1 aliphatic heterocycles. The Balaban J connectivity index is 1.30. The van der Waals surface area contributed by atoms with Gasteiger partial charge < -0.3 is 4.52 Å². The summed E-state index contributed by atoms with van der Waals surface area (Å²) in [6.45, 7) is 5.21.